The number of piperidine rings is 1. The zero-order valence-corrected chi connectivity index (χ0v) is 11.5. The van der Waals surface area contributed by atoms with E-state index in [1.165, 1.54) is 6.42 Å². The van der Waals surface area contributed by atoms with Crippen LogP contribution in [0.2, 0.25) is 0 Å². The van der Waals surface area contributed by atoms with Crippen molar-refractivity contribution in [2.75, 3.05) is 13.1 Å². The maximum absolute atomic E-state index is 12.0. The molecule has 0 radical (unpaired) electrons. The molecule has 20 heavy (non-hydrogen) atoms. The quantitative estimate of drug-likeness (QED) is 0.782. The van der Waals surface area contributed by atoms with Crippen molar-refractivity contribution < 1.29 is 4.79 Å². The van der Waals surface area contributed by atoms with Crippen molar-refractivity contribution in [3.8, 4) is 0 Å². The molecule has 0 atom stereocenters. The molecule has 0 N–H and O–H groups in total. The fraction of sp³-hybridized carbons (Fsp3) is 0.294. The minimum Gasteiger partial charge on any atom is -0.339 e. The second-order valence-corrected chi connectivity index (χ2v) is 5.15. The van der Waals surface area contributed by atoms with Gasteiger partial charge in [0.05, 0.1) is 11.2 Å². The van der Waals surface area contributed by atoms with Gasteiger partial charge in [0.25, 0.3) is 0 Å². The van der Waals surface area contributed by atoms with Gasteiger partial charge >= 0.3 is 0 Å². The first-order chi connectivity index (χ1) is 9.83. The number of nitrogens with zero attached hydrogens (tertiary/aromatic N) is 2. The van der Waals surface area contributed by atoms with E-state index in [4.69, 9.17) is 0 Å². The van der Waals surface area contributed by atoms with Crippen LogP contribution in [0.4, 0.5) is 0 Å². The number of hydrogen-bond acceptors (Lipinski definition) is 2. The standard InChI is InChI=1S/C17H18N2O/c20-17(19-12-4-1-5-13-19)11-10-15-9-8-14-6-2-3-7-16(14)18-15/h2-3,6-11H,1,4-5,12-13H2/b11-10+. The van der Waals surface area contributed by atoms with E-state index >= 15 is 0 Å². The van der Waals surface area contributed by atoms with Gasteiger partial charge in [0.15, 0.2) is 0 Å². The van der Waals surface area contributed by atoms with Gasteiger partial charge in [0.2, 0.25) is 5.91 Å². The largest absolute Gasteiger partial charge is 0.339 e. The first kappa shape index (κ1) is 12.9. The Morgan fingerprint density at radius 1 is 1.05 bits per heavy atom. The topological polar surface area (TPSA) is 33.2 Å². The minimum absolute atomic E-state index is 0.0969. The summed E-state index contributed by atoms with van der Waals surface area (Å²) in [5.41, 5.74) is 1.79. The summed E-state index contributed by atoms with van der Waals surface area (Å²) in [5, 5.41) is 1.12. The first-order valence-electron chi connectivity index (χ1n) is 7.16. The number of benzene rings is 1. The number of para-hydroxylation sites is 1. The maximum Gasteiger partial charge on any atom is 0.246 e. The molecule has 1 amide bonds. The Bertz CT molecular complexity index is 642. The summed E-state index contributed by atoms with van der Waals surface area (Å²) in [6.45, 7) is 1.77. The Morgan fingerprint density at radius 3 is 2.70 bits per heavy atom. The zero-order chi connectivity index (χ0) is 13.8. The van der Waals surface area contributed by atoms with E-state index in [0.29, 0.717) is 0 Å². The molecule has 102 valence electrons. The Kier molecular flexibility index (Phi) is 3.77. The lowest BCUT2D eigenvalue weighted by atomic mass is 10.1. The number of likely N-dealkylation sites (tertiary alicyclic amines) is 1. The van der Waals surface area contributed by atoms with E-state index < -0.39 is 0 Å². The number of amides is 1. The highest BCUT2D eigenvalue weighted by Crippen LogP contribution is 2.13. The number of aromatic nitrogens is 1. The van der Waals surface area contributed by atoms with Gasteiger partial charge in [-0.05, 0) is 37.5 Å². The van der Waals surface area contributed by atoms with Crippen LogP contribution in [-0.2, 0) is 4.79 Å². The van der Waals surface area contributed by atoms with Crippen molar-refractivity contribution in [2.45, 2.75) is 19.3 Å². The Morgan fingerprint density at radius 2 is 1.85 bits per heavy atom. The molecule has 1 fully saturated rings. The molecule has 1 saturated heterocycles. The summed E-state index contributed by atoms with van der Waals surface area (Å²) in [5.74, 6) is 0.0969. The molecule has 3 rings (SSSR count). The van der Waals surface area contributed by atoms with Gasteiger partial charge < -0.3 is 4.90 Å². The number of fused-ring (bicyclic) bond motifs is 1. The predicted molar refractivity (Wildman–Crippen MR) is 81.2 cm³/mol. The molecule has 0 spiro atoms. The van der Waals surface area contributed by atoms with Gasteiger partial charge in [-0.15, -0.1) is 0 Å². The molecule has 0 unspecified atom stereocenters. The molecule has 1 aliphatic rings. The van der Waals surface area contributed by atoms with Crippen LogP contribution in [-0.4, -0.2) is 28.9 Å². The molecule has 2 aromatic rings. The number of hydrogen-bond donors (Lipinski definition) is 0. The van der Waals surface area contributed by atoms with E-state index in [9.17, 15) is 4.79 Å². The second kappa shape index (κ2) is 5.87. The van der Waals surface area contributed by atoms with Crippen LogP contribution < -0.4 is 0 Å². The third-order valence-corrected chi connectivity index (χ3v) is 3.68. The van der Waals surface area contributed by atoms with Crippen LogP contribution in [0.5, 0.6) is 0 Å². The smallest absolute Gasteiger partial charge is 0.246 e. The van der Waals surface area contributed by atoms with Crippen LogP contribution in [0.1, 0.15) is 25.0 Å². The number of carbonyl (C=O) groups is 1. The molecule has 3 nitrogen and oxygen atoms in total. The van der Waals surface area contributed by atoms with Crippen LogP contribution in [0.25, 0.3) is 17.0 Å². The summed E-state index contributed by atoms with van der Waals surface area (Å²) in [6, 6.07) is 12.0. The van der Waals surface area contributed by atoms with Gasteiger partial charge in [-0.3, -0.25) is 4.79 Å². The van der Waals surface area contributed by atoms with Crippen LogP contribution in [0, 0.1) is 0 Å². The number of pyridine rings is 1. The molecule has 2 heterocycles. The lowest BCUT2D eigenvalue weighted by molar-refractivity contribution is -0.126. The van der Waals surface area contributed by atoms with Crippen molar-refractivity contribution in [3.05, 3.63) is 48.2 Å². The van der Waals surface area contributed by atoms with Crippen LogP contribution in [0.3, 0.4) is 0 Å². The van der Waals surface area contributed by atoms with Crippen molar-refractivity contribution in [3.63, 3.8) is 0 Å². The van der Waals surface area contributed by atoms with Crippen molar-refractivity contribution in [2.24, 2.45) is 0 Å². The van der Waals surface area contributed by atoms with E-state index in [1.807, 2.05) is 47.4 Å². The Balaban J connectivity index is 1.74. The van der Waals surface area contributed by atoms with E-state index in [1.54, 1.807) is 6.08 Å². The SMILES string of the molecule is O=C(/C=C/c1ccc2ccccc2n1)N1CCCCC1. The third-order valence-electron chi connectivity index (χ3n) is 3.68. The fourth-order valence-electron chi connectivity index (χ4n) is 2.55. The highest BCUT2D eigenvalue weighted by Gasteiger charge is 2.13. The van der Waals surface area contributed by atoms with E-state index in [2.05, 4.69) is 4.98 Å². The molecule has 3 heteroatoms. The Hall–Kier alpha value is -2.16. The van der Waals surface area contributed by atoms with E-state index in [-0.39, 0.29) is 5.91 Å². The maximum atomic E-state index is 12.0. The summed E-state index contributed by atoms with van der Waals surface area (Å²) < 4.78 is 0. The van der Waals surface area contributed by atoms with Gasteiger partial charge in [-0.1, -0.05) is 24.3 Å². The van der Waals surface area contributed by atoms with Crippen molar-refractivity contribution in [1.29, 1.82) is 0 Å². The average Bonchev–Trinajstić information content (AvgIpc) is 2.53. The second-order valence-electron chi connectivity index (χ2n) is 5.15. The van der Waals surface area contributed by atoms with Gasteiger partial charge in [0.1, 0.15) is 0 Å². The highest BCUT2D eigenvalue weighted by molar-refractivity contribution is 5.92. The van der Waals surface area contributed by atoms with Gasteiger partial charge in [-0.2, -0.15) is 0 Å². The van der Waals surface area contributed by atoms with Crippen molar-refractivity contribution >= 4 is 22.9 Å². The van der Waals surface area contributed by atoms with Gasteiger partial charge in [-0.25, -0.2) is 4.98 Å². The molecule has 1 aliphatic heterocycles. The van der Waals surface area contributed by atoms with Crippen LogP contribution in [0.15, 0.2) is 42.5 Å². The monoisotopic (exact) mass is 266 g/mol. The summed E-state index contributed by atoms with van der Waals surface area (Å²) in [4.78, 5) is 18.5. The lowest BCUT2D eigenvalue weighted by Crippen LogP contribution is -2.34. The van der Waals surface area contributed by atoms with E-state index in [0.717, 1.165) is 42.5 Å². The minimum atomic E-state index is 0.0969. The number of rotatable bonds is 2. The molecule has 1 aromatic heterocycles. The first-order valence-corrected chi connectivity index (χ1v) is 7.16. The predicted octanol–water partition coefficient (Wildman–Crippen LogP) is 3.26. The third kappa shape index (κ3) is 2.87. The summed E-state index contributed by atoms with van der Waals surface area (Å²) >= 11 is 0. The summed E-state index contributed by atoms with van der Waals surface area (Å²) in [7, 11) is 0. The van der Waals surface area contributed by atoms with Crippen LogP contribution >= 0.6 is 0 Å². The fourth-order valence-corrected chi connectivity index (χ4v) is 2.55. The molecule has 0 aliphatic carbocycles. The zero-order valence-electron chi connectivity index (χ0n) is 11.5. The highest BCUT2D eigenvalue weighted by atomic mass is 16.2. The molecular weight excluding hydrogens is 248 g/mol. The Labute approximate surface area is 118 Å². The lowest BCUT2D eigenvalue weighted by Gasteiger charge is -2.25. The molecule has 0 bridgehead atoms. The van der Waals surface area contributed by atoms with Gasteiger partial charge in [0, 0.05) is 24.6 Å². The molecule has 0 saturated carbocycles. The normalized spacial score (nSPS) is 15.9. The summed E-state index contributed by atoms with van der Waals surface area (Å²) in [6.07, 6.45) is 6.92. The number of carbonyl (C=O) groups excluding carboxylic acids is 1. The molecule has 1 aromatic carbocycles. The average molecular weight is 266 g/mol. The molecular formula is C17H18N2O. The van der Waals surface area contributed by atoms with Crippen molar-refractivity contribution in [1.82, 2.24) is 9.88 Å².